The van der Waals surface area contributed by atoms with Gasteiger partial charge in [-0.25, -0.2) is 9.07 Å². The fourth-order valence-corrected chi connectivity index (χ4v) is 4.62. The van der Waals surface area contributed by atoms with Gasteiger partial charge in [0, 0.05) is 16.7 Å². The first kappa shape index (κ1) is 18.7. The van der Waals surface area contributed by atoms with Gasteiger partial charge in [-0.05, 0) is 67.3 Å². The predicted molar refractivity (Wildman–Crippen MR) is 115 cm³/mol. The minimum atomic E-state index is -1.14. The number of nitrogens with zero attached hydrogens (tertiary/aromatic N) is 2. The highest BCUT2D eigenvalue weighted by molar-refractivity contribution is 5.64. The van der Waals surface area contributed by atoms with Gasteiger partial charge in [0.1, 0.15) is 11.4 Å². The number of para-hydroxylation sites is 1. The predicted octanol–water partition coefficient (Wildman–Crippen LogP) is 4.12. The second kappa shape index (κ2) is 6.58. The van der Waals surface area contributed by atoms with Crippen LogP contribution in [0.3, 0.4) is 0 Å². The lowest BCUT2D eigenvalue weighted by Crippen LogP contribution is -2.44. The maximum absolute atomic E-state index is 13.3. The number of aromatic nitrogens is 2. The summed E-state index contributed by atoms with van der Waals surface area (Å²) in [7, 11) is 0. The number of hydrogen-bond acceptors (Lipinski definition) is 3. The highest BCUT2D eigenvalue weighted by Gasteiger charge is 2.54. The summed E-state index contributed by atoms with van der Waals surface area (Å²) in [4.78, 5) is 0. The molecular weight excluding hydrogens is 377 g/mol. The lowest BCUT2D eigenvalue weighted by molar-refractivity contribution is 0.0153. The number of fused-ring (bicyclic) bond motifs is 2. The molecular formula is C25H22FN3O. The Kier molecular flexibility index (Phi) is 4.09. The van der Waals surface area contributed by atoms with Crippen molar-refractivity contribution in [2.45, 2.75) is 31.8 Å². The van der Waals surface area contributed by atoms with Crippen molar-refractivity contribution in [2.75, 3.05) is 5.73 Å². The van der Waals surface area contributed by atoms with Gasteiger partial charge in [0.25, 0.3) is 0 Å². The summed E-state index contributed by atoms with van der Waals surface area (Å²) >= 11 is 0. The van der Waals surface area contributed by atoms with Crippen LogP contribution in [0.2, 0.25) is 0 Å². The maximum Gasteiger partial charge on any atom is 0.135 e. The highest BCUT2D eigenvalue weighted by atomic mass is 19.1. The van der Waals surface area contributed by atoms with Crippen LogP contribution in [0.1, 0.15) is 36.6 Å². The van der Waals surface area contributed by atoms with Crippen molar-refractivity contribution in [3.05, 3.63) is 82.9 Å². The van der Waals surface area contributed by atoms with Crippen molar-refractivity contribution in [2.24, 2.45) is 5.41 Å². The maximum atomic E-state index is 13.3. The number of halogens is 1. The van der Waals surface area contributed by atoms with E-state index in [2.05, 4.69) is 29.9 Å². The molecule has 1 heterocycles. The molecule has 0 aliphatic heterocycles. The smallest absolute Gasteiger partial charge is 0.135 e. The first-order chi connectivity index (χ1) is 14.4. The first-order valence-corrected chi connectivity index (χ1v) is 10.0. The third kappa shape index (κ3) is 2.76. The van der Waals surface area contributed by atoms with Gasteiger partial charge >= 0.3 is 0 Å². The number of benzene rings is 2. The molecule has 0 unspecified atom stereocenters. The molecule has 0 spiro atoms. The van der Waals surface area contributed by atoms with Gasteiger partial charge < -0.3 is 10.8 Å². The fourth-order valence-electron chi connectivity index (χ4n) is 4.62. The highest BCUT2D eigenvalue weighted by Crippen LogP contribution is 2.55. The van der Waals surface area contributed by atoms with E-state index < -0.39 is 11.0 Å². The van der Waals surface area contributed by atoms with Gasteiger partial charge in [0.05, 0.1) is 17.6 Å². The molecule has 0 bridgehead atoms. The Balaban J connectivity index is 1.53. The Morgan fingerprint density at radius 1 is 1.17 bits per heavy atom. The summed E-state index contributed by atoms with van der Waals surface area (Å²) < 4.78 is 15.1. The van der Waals surface area contributed by atoms with Gasteiger partial charge in [-0.1, -0.05) is 36.5 Å². The summed E-state index contributed by atoms with van der Waals surface area (Å²) in [5.74, 6) is 5.98. The molecule has 2 aromatic carbocycles. The molecule has 150 valence electrons. The van der Waals surface area contributed by atoms with Crippen molar-refractivity contribution >= 4 is 11.8 Å². The second-order valence-corrected chi connectivity index (χ2v) is 8.32. The number of anilines is 1. The second-order valence-electron chi connectivity index (χ2n) is 8.32. The van der Waals surface area contributed by atoms with Gasteiger partial charge in [-0.15, -0.1) is 0 Å². The van der Waals surface area contributed by atoms with Crippen molar-refractivity contribution in [1.82, 2.24) is 9.78 Å². The van der Waals surface area contributed by atoms with Gasteiger partial charge in [-0.2, -0.15) is 5.10 Å². The molecule has 1 aromatic heterocycles. The molecule has 5 heteroatoms. The Bertz CT molecular complexity index is 1230. The third-order valence-electron chi connectivity index (χ3n) is 6.55. The molecule has 2 aliphatic carbocycles. The Hall–Kier alpha value is -3.36. The average molecular weight is 399 g/mol. The number of aliphatic hydroxyl groups is 1. The van der Waals surface area contributed by atoms with Crippen LogP contribution in [0, 0.1) is 23.1 Å². The summed E-state index contributed by atoms with van der Waals surface area (Å²) in [6.07, 6.45) is 5.93. The summed E-state index contributed by atoms with van der Waals surface area (Å²) in [6.45, 7) is 2.08. The van der Waals surface area contributed by atoms with Crippen LogP contribution in [0.25, 0.3) is 11.8 Å². The quantitative estimate of drug-likeness (QED) is 0.478. The normalized spacial score (nSPS) is 24.4. The van der Waals surface area contributed by atoms with E-state index in [9.17, 15) is 9.50 Å². The van der Waals surface area contributed by atoms with Crippen LogP contribution in [0.5, 0.6) is 0 Å². The molecule has 0 amide bonds. The zero-order chi connectivity index (χ0) is 20.9. The molecule has 0 radical (unpaired) electrons. The largest absolute Gasteiger partial charge is 0.398 e. The monoisotopic (exact) mass is 399 g/mol. The number of nitrogens with two attached hydrogens (primary N) is 1. The van der Waals surface area contributed by atoms with E-state index >= 15 is 0 Å². The average Bonchev–Trinajstić information content (AvgIpc) is 3.24. The topological polar surface area (TPSA) is 64.1 Å². The summed E-state index contributed by atoms with van der Waals surface area (Å²) in [5.41, 5.74) is 9.73. The molecule has 0 saturated heterocycles. The lowest BCUT2D eigenvalue weighted by atomic mass is 9.67. The molecule has 4 nitrogen and oxygen atoms in total. The molecule has 5 rings (SSSR count). The van der Waals surface area contributed by atoms with Crippen LogP contribution in [-0.2, 0) is 6.42 Å². The van der Waals surface area contributed by atoms with Crippen LogP contribution in [0.4, 0.5) is 10.1 Å². The Morgan fingerprint density at radius 2 is 1.93 bits per heavy atom. The van der Waals surface area contributed by atoms with Gasteiger partial charge in [-0.3, -0.25) is 0 Å². The molecule has 2 atom stereocenters. The van der Waals surface area contributed by atoms with Crippen LogP contribution < -0.4 is 5.73 Å². The van der Waals surface area contributed by atoms with Gasteiger partial charge in [0.2, 0.25) is 0 Å². The van der Waals surface area contributed by atoms with E-state index in [1.54, 1.807) is 12.1 Å². The lowest BCUT2D eigenvalue weighted by Gasteiger charge is -2.39. The van der Waals surface area contributed by atoms with E-state index in [1.807, 2.05) is 35.1 Å². The molecule has 3 N–H and O–H groups in total. The third-order valence-corrected chi connectivity index (χ3v) is 6.55. The minimum Gasteiger partial charge on any atom is -0.398 e. The Labute approximate surface area is 174 Å². The minimum absolute atomic E-state index is 0.274. The molecule has 30 heavy (non-hydrogen) atoms. The van der Waals surface area contributed by atoms with E-state index in [0.29, 0.717) is 18.5 Å². The van der Waals surface area contributed by atoms with Gasteiger partial charge in [0.15, 0.2) is 0 Å². The summed E-state index contributed by atoms with van der Waals surface area (Å²) in [5, 5.41) is 16.1. The fraction of sp³-hybridized carbons (Fsp3) is 0.240. The zero-order valence-electron chi connectivity index (χ0n) is 16.7. The Morgan fingerprint density at radius 3 is 2.70 bits per heavy atom. The molecule has 1 saturated carbocycles. The molecule has 2 aliphatic rings. The summed E-state index contributed by atoms with van der Waals surface area (Å²) in [6, 6.07) is 13.7. The van der Waals surface area contributed by atoms with Crippen molar-refractivity contribution in [1.29, 1.82) is 0 Å². The van der Waals surface area contributed by atoms with E-state index in [1.165, 1.54) is 12.1 Å². The first-order valence-electron chi connectivity index (χ1n) is 10.0. The van der Waals surface area contributed by atoms with Crippen molar-refractivity contribution in [3.63, 3.8) is 0 Å². The zero-order valence-corrected chi connectivity index (χ0v) is 16.7. The number of nitrogen functional groups attached to an aromatic ring is 1. The van der Waals surface area contributed by atoms with Crippen LogP contribution in [0.15, 0.2) is 60.3 Å². The standard InChI is InChI=1S/C25H22FN3O/c1-24-15-18-16-28-29(21-8-6-20(26)7-9-21)23(18)14-19(24)11-13-25(24,30)12-10-17-4-2-3-5-22(17)27/h2-9,14,16,30H,11,13,15,27H2,1H3/t24-,25-/m0/s1. The number of rotatable bonds is 1. The van der Waals surface area contributed by atoms with Crippen molar-refractivity contribution < 1.29 is 9.50 Å². The van der Waals surface area contributed by atoms with E-state index in [4.69, 9.17) is 5.73 Å². The number of hydrogen-bond donors (Lipinski definition) is 2. The van der Waals surface area contributed by atoms with E-state index in [-0.39, 0.29) is 5.82 Å². The SMILES string of the molecule is C[C@]12Cc3cnn(-c4ccc(F)cc4)c3C=C1CC[C@@]2(O)C#Cc1ccccc1N. The van der Waals surface area contributed by atoms with E-state index in [0.717, 1.165) is 34.5 Å². The van der Waals surface area contributed by atoms with Crippen molar-refractivity contribution in [3.8, 4) is 17.5 Å². The van der Waals surface area contributed by atoms with Crippen LogP contribution >= 0.6 is 0 Å². The molecule has 1 fully saturated rings. The van der Waals surface area contributed by atoms with Crippen LogP contribution in [-0.4, -0.2) is 20.5 Å². The molecule has 3 aromatic rings.